The van der Waals surface area contributed by atoms with Crippen molar-refractivity contribution < 1.29 is 14.3 Å². The zero-order chi connectivity index (χ0) is 15.8. The molecule has 2 aromatic rings. The molecular formula is C15H17N3O3S. The van der Waals surface area contributed by atoms with E-state index in [-0.39, 0.29) is 18.3 Å². The molecular weight excluding hydrogens is 302 g/mol. The molecule has 2 heterocycles. The van der Waals surface area contributed by atoms with E-state index >= 15 is 0 Å². The molecule has 0 saturated carbocycles. The van der Waals surface area contributed by atoms with Gasteiger partial charge in [-0.2, -0.15) is 0 Å². The fraction of sp³-hybridized carbons (Fsp3) is 0.333. The molecule has 0 unspecified atom stereocenters. The Morgan fingerprint density at radius 3 is 3.00 bits per heavy atom. The number of esters is 1. The highest BCUT2D eigenvalue weighted by atomic mass is 32.1. The van der Waals surface area contributed by atoms with Crippen LogP contribution in [0.3, 0.4) is 0 Å². The van der Waals surface area contributed by atoms with Gasteiger partial charge in [-0.1, -0.05) is 6.07 Å². The average Bonchev–Trinajstić information content (AvgIpc) is 2.93. The fourth-order valence-electron chi connectivity index (χ4n) is 1.79. The van der Waals surface area contributed by atoms with Gasteiger partial charge in [-0.15, -0.1) is 11.3 Å². The van der Waals surface area contributed by atoms with E-state index in [1.54, 1.807) is 24.7 Å². The van der Waals surface area contributed by atoms with Crippen LogP contribution in [-0.2, 0) is 27.2 Å². The second kappa shape index (κ2) is 8.23. The average molecular weight is 319 g/mol. The summed E-state index contributed by atoms with van der Waals surface area (Å²) in [7, 11) is 0. The molecule has 0 atom stereocenters. The quantitative estimate of drug-likeness (QED) is 0.791. The van der Waals surface area contributed by atoms with E-state index in [4.69, 9.17) is 4.74 Å². The normalized spacial score (nSPS) is 10.2. The maximum atomic E-state index is 11.9. The number of rotatable bonds is 7. The highest BCUT2D eigenvalue weighted by Crippen LogP contribution is 2.16. The highest BCUT2D eigenvalue weighted by Gasteiger charge is 2.10. The predicted octanol–water partition coefficient (Wildman–Crippen LogP) is 2.21. The fourth-order valence-corrected chi connectivity index (χ4v) is 2.52. The predicted molar refractivity (Wildman–Crippen MR) is 83.6 cm³/mol. The summed E-state index contributed by atoms with van der Waals surface area (Å²) in [6.45, 7) is 2.10. The van der Waals surface area contributed by atoms with E-state index in [1.807, 2.05) is 12.1 Å². The molecule has 0 fully saturated rings. The monoisotopic (exact) mass is 319 g/mol. The van der Waals surface area contributed by atoms with E-state index in [9.17, 15) is 9.59 Å². The highest BCUT2D eigenvalue weighted by molar-refractivity contribution is 7.13. The topological polar surface area (TPSA) is 81.2 Å². The van der Waals surface area contributed by atoms with Gasteiger partial charge in [0, 0.05) is 24.2 Å². The summed E-state index contributed by atoms with van der Waals surface area (Å²) >= 11 is 1.30. The Morgan fingerprint density at radius 2 is 2.27 bits per heavy atom. The third kappa shape index (κ3) is 5.25. The summed E-state index contributed by atoms with van der Waals surface area (Å²) in [5, 5.41) is 4.97. The molecule has 6 nitrogen and oxygen atoms in total. The Labute approximate surface area is 132 Å². The maximum absolute atomic E-state index is 11.9. The molecule has 0 aliphatic heterocycles. The number of ether oxygens (including phenoxy) is 1. The summed E-state index contributed by atoms with van der Waals surface area (Å²) in [4.78, 5) is 31.4. The molecule has 0 saturated heterocycles. The van der Waals surface area contributed by atoms with E-state index in [1.165, 1.54) is 11.3 Å². The van der Waals surface area contributed by atoms with Crippen LogP contribution < -0.4 is 5.32 Å². The van der Waals surface area contributed by atoms with E-state index in [2.05, 4.69) is 15.3 Å². The lowest BCUT2D eigenvalue weighted by Gasteiger charge is -2.02. The Kier molecular flexibility index (Phi) is 6.02. The number of amides is 1. The van der Waals surface area contributed by atoms with E-state index in [0.29, 0.717) is 30.3 Å². The van der Waals surface area contributed by atoms with Gasteiger partial charge in [-0.05, 0) is 25.0 Å². The van der Waals surface area contributed by atoms with E-state index in [0.717, 1.165) is 5.56 Å². The minimum Gasteiger partial charge on any atom is -0.466 e. The van der Waals surface area contributed by atoms with Crippen molar-refractivity contribution >= 4 is 28.3 Å². The van der Waals surface area contributed by atoms with Gasteiger partial charge in [-0.3, -0.25) is 14.6 Å². The molecule has 0 aliphatic carbocycles. The molecule has 2 rings (SSSR count). The summed E-state index contributed by atoms with van der Waals surface area (Å²) in [6, 6.07) is 3.77. The van der Waals surface area contributed by atoms with Crippen molar-refractivity contribution in [1.82, 2.24) is 9.97 Å². The van der Waals surface area contributed by atoms with Crippen LogP contribution in [-0.4, -0.2) is 28.5 Å². The van der Waals surface area contributed by atoms with Crippen molar-refractivity contribution in [2.45, 2.75) is 26.2 Å². The molecule has 1 amide bonds. The van der Waals surface area contributed by atoms with Gasteiger partial charge in [0.1, 0.15) is 0 Å². The van der Waals surface area contributed by atoms with Crippen LogP contribution in [0.25, 0.3) is 0 Å². The second-order valence-corrected chi connectivity index (χ2v) is 5.39. The number of hydrogen-bond acceptors (Lipinski definition) is 6. The standard InChI is InChI=1S/C15H17N3O3S/c1-2-21-14(20)8-12-10-22-15(17-12)18-13(19)6-5-11-4-3-7-16-9-11/h3-4,7,9-10H,2,5-6,8H2,1H3,(H,17,18,19). The minimum atomic E-state index is -0.317. The molecule has 0 aromatic carbocycles. The number of nitrogens with one attached hydrogen (secondary N) is 1. The number of carbonyl (C=O) groups excluding carboxylic acids is 2. The number of thiazole rings is 1. The molecule has 0 radical (unpaired) electrons. The first-order chi connectivity index (χ1) is 10.7. The summed E-state index contributed by atoms with van der Waals surface area (Å²) < 4.78 is 4.86. The van der Waals surface area contributed by atoms with Gasteiger partial charge >= 0.3 is 5.97 Å². The van der Waals surface area contributed by atoms with Gasteiger partial charge in [-0.25, -0.2) is 4.98 Å². The van der Waals surface area contributed by atoms with Crippen molar-refractivity contribution in [1.29, 1.82) is 0 Å². The molecule has 22 heavy (non-hydrogen) atoms. The third-order valence-electron chi connectivity index (χ3n) is 2.79. The first-order valence-electron chi connectivity index (χ1n) is 6.96. The molecule has 0 spiro atoms. The number of pyridine rings is 1. The van der Waals surface area contributed by atoms with Crippen molar-refractivity contribution in [3.05, 3.63) is 41.2 Å². The van der Waals surface area contributed by atoms with Gasteiger partial charge in [0.05, 0.1) is 18.7 Å². The number of nitrogens with zero attached hydrogens (tertiary/aromatic N) is 2. The van der Waals surface area contributed by atoms with Crippen LogP contribution >= 0.6 is 11.3 Å². The largest absolute Gasteiger partial charge is 0.466 e. The molecule has 2 aromatic heterocycles. The second-order valence-electron chi connectivity index (χ2n) is 4.54. The van der Waals surface area contributed by atoms with Gasteiger partial charge in [0.2, 0.25) is 5.91 Å². The molecule has 0 aliphatic rings. The lowest BCUT2D eigenvalue weighted by atomic mass is 10.1. The first-order valence-corrected chi connectivity index (χ1v) is 7.84. The first kappa shape index (κ1) is 16.1. The Morgan fingerprint density at radius 1 is 1.41 bits per heavy atom. The Hall–Kier alpha value is -2.28. The summed E-state index contributed by atoms with van der Waals surface area (Å²) in [5.74, 6) is -0.428. The van der Waals surface area contributed by atoms with Crippen molar-refractivity contribution in [3.8, 4) is 0 Å². The number of aryl methyl sites for hydroxylation is 1. The number of hydrogen-bond donors (Lipinski definition) is 1. The van der Waals surface area contributed by atoms with E-state index < -0.39 is 0 Å². The van der Waals surface area contributed by atoms with Crippen LogP contribution in [0.1, 0.15) is 24.6 Å². The molecule has 116 valence electrons. The molecule has 1 N–H and O–H groups in total. The molecule has 7 heteroatoms. The van der Waals surface area contributed by atoms with Crippen LogP contribution in [0.15, 0.2) is 29.9 Å². The summed E-state index contributed by atoms with van der Waals surface area (Å²) in [6.07, 6.45) is 4.55. The van der Waals surface area contributed by atoms with Crippen molar-refractivity contribution in [2.24, 2.45) is 0 Å². The van der Waals surface area contributed by atoms with Crippen LogP contribution in [0.4, 0.5) is 5.13 Å². The lowest BCUT2D eigenvalue weighted by molar-refractivity contribution is -0.142. The zero-order valence-electron chi connectivity index (χ0n) is 12.2. The lowest BCUT2D eigenvalue weighted by Crippen LogP contribution is -2.12. The minimum absolute atomic E-state index is 0.110. The van der Waals surface area contributed by atoms with Crippen LogP contribution in [0.2, 0.25) is 0 Å². The van der Waals surface area contributed by atoms with Crippen molar-refractivity contribution in [3.63, 3.8) is 0 Å². The SMILES string of the molecule is CCOC(=O)Cc1csc(NC(=O)CCc2cccnc2)n1. The third-order valence-corrected chi connectivity index (χ3v) is 3.60. The van der Waals surface area contributed by atoms with Gasteiger partial charge < -0.3 is 10.1 Å². The maximum Gasteiger partial charge on any atom is 0.311 e. The Balaban J connectivity index is 1.79. The van der Waals surface area contributed by atoms with Crippen LogP contribution in [0, 0.1) is 0 Å². The van der Waals surface area contributed by atoms with Crippen molar-refractivity contribution in [2.75, 3.05) is 11.9 Å². The summed E-state index contributed by atoms with van der Waals surface area (Å²) in [5.41, 5.74) is 1.62. The number of anilines is 1. The smallest absolute Gasteiger partial charge is 0.311 e. The van der Waals surface area contributed by atoms with Gasteiger partial charge in [0.15, 0.2) is 5.13 Å². The Bertz CT molecular complexity index is 628. The molecule has 0 bridgehead atoms. The number of aromatic nitrogens is 2. The van der Waals surface area contributed by atoms with Crippen LogP contribution in [0.5, 0.6) is 0 Å². The van der Waals surface area contributed by atoms with Gasteiger partial charge in [0.25, 0.3) is 0 Å². The number of carbonyl (C=O) groups is 2. The zero-order valence-corrected chi connectivity index (χ0v) is 13.1.